The maximum Gasteiger partial charge on any atom is 0.472 e. The van der Waals surface area contributed by atoms with Crippen LogP contribution in [-0.2, 0) is 65.4 Å². The van der Waals surface area contributed by atoms with Crippen molar-refractivity contribution in [1.29, 1.82) is 0 Å². The summed E-state index contributed by atoms with van der Waals surface area (Å²) < 4.78 is 67.3. The van der Waals surface area contributed by atoms with Crippen LogP contribution in [-0.4, -0.2) is 96.7 Å². The fourth-order valence-corrected chi connectivity index (χ4v) is 10.5. The molecule has 0 heterocycles. The van der Waals surface area contributed by atoms with Crippen molar-refractivity contribution >= 4 is 39.5 Å². The lowest BCUT2D eigenvalue weighted by atomic mass is 10.0. The molecule has 0 aromatic rings. The van der Waals surface area contributed by atoms with Gasteiger partial charge in [-0.05, 0) is 31.6 Å². The number of rotatable bonds is 60. The summed E-state index contributed by atoms with van der Waals surface area (Å²) in [5.41, 5.74) is 0. The van der Waals surface area contributed by atoms with E-state index in [-0.39, 0.29) is 25.7 Å². The lowest BCUT2D eigenvalue weighted by Gasteiger charge is -2.21. The van der Waals surface area contributed by atoms with E-state index in [0.29, 0.717) is 31.6 Å². The highest BCUT2D eigenvalue weighted by molar-refractivity contribution is 7.47. The number of phosphoric ester groups is 2. The maximum absolute atomic E-state index is 12.9. The molecule has 79 heavy (non-hydrogen) atoms. The summed E-state index contributed by atoms with van der Waals surface area (Å²) in [6, 6.07) is 0. The first kappa shape index (κ1) is 77.1. The molecule has 19 heteroatoms. The van der Waals surface area contributed by atoms with Gasteiger partial charge < -0.3 is 33.8 Å². The number of aliphatic hydroxyl groups excluding tert-OH is 1. The second-order valence-electron chi connectivity index (χ2n) is 22.2. The van der Waals surface area contributed by atoms with Gasteiger partial charge in [-0.15, -0.1) is 0 Å². The van der Waals surface area contributed by atoms with Crippen LogP contribution in [0.25, 0.3) is 0 Å². The molecule has 17 nitrogen and oxygen atoms in total. The second kappa shape index (κ2) is 54.0. The average Bonchev–Trinajstić information content (AvgIpc) is 3.41. The monoisotopic (exact) mass is 1170 g/mol. The van der Waals surface area contributed by atoms with Gasteiger partial charge in [-0.25, -0.2) is 9.13 Å². The number of unbranched alkanes of at least 4 members (excludes halogenated alkanes) is 32. The number of carbonyl (C=O) groups is 4. The first-order valence-electron chi connectivity index (χ1n) is 31.6. The van der Waals surface area contributed by atoms with E-state index < -0.39 is 97.5 Å². The Balaban J connectivity index is 5.01. The molecule has 0 aliphatic heterocycles. The SMILES string of the molecule is CCCCCCCCCCCCCCCCCCCCCCC(=O)O[C@H](COC(=O)CCCCCCCCC(C)C)COP(=O)(O)OC[C@@H](O)COP(=O)(O)OC[C@@H](COC(=O)CCCCCCC)OC(=O)CCCCCCC. The molecule has 0 saturated heterocycles. The number of esters is 4. The quantitative estimate of drug-likeness (QED) is 0.0222. The summed E-state index contributed by atoms with van der Waals surface area (Å²) in [5.74, 6) is -1.48. The van der Waals surface area contributed by atoms with E-state index >= 15 is 0 Å². The van der Waals surface area contributed by atoms with Gasteiger partial charge in [0.15, 0.2) is 12.2 Å². The zero-order valence-corrected chi connectivity index (χ0v) is 52.3. The Hall–Kier alpha value is -1.94. The molecule has 0 spiro atoms. The minimum Gasteiger partial charge on any atom is -0.462 e. The number of ether oxygens (including phenoxy) is 4. The van der Waals surface area contributed by atoms with Crippen LogP contribution in [0, 0.1) is 5.92 Å². The van der Waals surface area contributed by atoms with Gasteiger partial charge in [0.05, 0.1) is 26.4 Å². The average molecular weight is 1170 g/mol. The van der Waals surface area contributed by atoms with E-state index in [1.54, 1.807) is 0 Å². The first-order valence-corrected chi connectivity index (χ1v) is 34.6. The Morgan fingerprint density at radius 2 is 0.582 bits per heavy atom. The molecule has 0 fully saturated rings. The van der Waals surface area contributed by atoms with Gasteiger partial charge in [0, 0.05) is 25.7 Å². The van der Waals surface area contributed by atoms with E-state index in [1.165, 1.54) is 109 Å². The molecule has 5 atom stereocenters. The Labute approximate surface area is 479 Å². The fraction of sp³-hybridized carbons (Fsp3) is 0.933. The largest absolute Gasteiger partial charge is 0.472 e. The molecule has 0 aromatic carbocycles. The van der Waals surface area contributed by atoms with Crippen LogP contribution in [0.3, 0.4) is 0 Å². The fourth-order valence-electron chi connectivity index (χ4n) is 8.88. The van der Waals surface area contributed by atoms with Crippen LogP contribution in [0.5, 0.6) is 0 Å². The Morgan fingerprint density at radius 3 is 0.861 bits per heavy atom. The predicted molar refractivity (Wildman–Crippen MR) is 312 cm³/mol. The topological polar surface area (TPSA) is 237 Å². The maximum atomic E-state index is 12.9. The van der Waals surface area contributed by atoms with E-state index in [1.807, 2.05) is 0 Å². The molecule has 2 unspecified atom stereocenters. The van der Waals surface area contributed by atoms with Gasteiger partial charge in [0.1, 0.15) is 19.3 Å². The van der Waals surface area contributed by atoms with E-state index in [9.17, 15) is 43.2 Å². The Kier molecular flexibility index (Phi) is 52.7. The van der Waals surface area contributed by atoms with Gasteiger partial charge in [-0.1, -0.05) is 247 Å². The molecule has 468 valence electrons. The minimum absolute atomic E-state index is 0.0987. The highest BCUT2D eigenvalue weighted by Crippen LogP contribution is 2.45. The van der Waals surface area contributed by atoms with Gasteiger partial charge in [-0.3, -0.25) is 37.3 Å². The van der Waals surface area contributed by atoms with Crippen LogP contribution in [0.4, 0.5) is 0 Å². The van der Waals surface area contributed by atoms with Crippen LogP contribution in [0.2, 0.25) is 0 Å². The van der Waals surface area contributed by atoms with E-state index in [2.05, 4.69) is 34.6 Å². The van der Waals surface area contributed by atoms with Crippen LogP contribution < -0.4 is 0 Å². The van der Waals surface area contributed by atoms with Gasteiger partial charge in [0.25, 0.3) is 0 Å². The third-order valence-corrected chi connectivity index (χ3v) is 15.7. The predicted octanol–water partition coefficient (Wildman–Crippen LogP) is 16.2. The number of hydrogen-bond donors (Lipinski definition) is 3. The lowest BCUT2D eigenvalue weighted by molar-refractivity contribution is -0.161. The molecule has 0 bridgehead atoms. The van der Waals surface area contributed by atoms with Crippen molar-refractivity contribution < 1.29 is 80.2 Å². The zero-order chi connectivity index (χ0) is 58.5. The van der Waals surface area contributed by atoms with E-state index in [0.717, 1.165) is 103 Å². The van der Waals surface area contributed by atoms with Crippen molar-refractivity contribution in [1.82, 2.24) is 0 Å². The van der Waals surface area contributed by atoms with Crippen molar-refractivity contribution in [2.75, 3.05) is 39.6 Å². The molecule has 0 rings (SSSR count). The third kappa shape index (κ3) is 55.0. The van der Waals surface area contributed by atoms with Crippen molar-refractivity contribution in [3.8, 4) is 0 Å². The van der Waals surface area contributed by atoms with Gasteiger partial charge in [-0.2, -0.15) is 0 Å². The standard InChI is InChI=1S/C60H116O17P2/c1-6-9-12-15-16-17-18-19-20-21-22-23-24-25-26-27-28-29-36-41-46-60(65)77-56(50-71-58(63)44-39-35-31-30-34-37-42-53(4)5)52-75-79(68,69)73-48-54(61)47-72-78(66,67)74-51-55(76-59(64)45-40-33-14-11-8-3)49-70-57(62)43-38-32-13-10-7-2/h53-56,61H,6-52H2,1-5H3,(H,66,67)(H,68,69)/t54-,55+,56+/m0/s1. The van der Waals surface area contributed by atoms with Crippen molar-refractivity contribution in [2.24, 2.45) is 5.92 Å². The molecule has 0 radical (unpaired) electrons. The molecular formula is C60H116O17P2. The van der Waals surface area contributed by atoms with Gasteiger partial charge >= 0.3 is 39.5 Å². The summed E-state index contributed by atoms with van der Waals surface area (Å²) in [4.78, 5) is 71.4. The second-order valence-corrected chi connectivity index (χ2v) is 25.1. The summed E-state index contributed by atoms with van der Waals surface area (Å²) in [6.45, 7) is 6.89. The molecule has 3 N–H and O–H groups in total. The van der Waals surface area contributed by atoms with Crippen molar-refractivity contribution in [2.45, 2.75) is 316 Å². The minimum atomic E-state index is -4.94. The van der Waals surface area contributed by atoms with Crippen molar-refractivity contribution in [3.05, 3.63) is 0 Å². The summed E-state index contributed by atoms with van der Waals surface area (Å²) >= 11 is 0. The molecule has 0 aromatic heterocycles. The molecule has 0 aliphatic rings. The van der Waals surface area contributed by atoms with Crippen LogP contribution >= 0.6 is 15.6 Å². The molecule has 0 saturated carbocycles. The highest BCUT2D eigenvalue weighted by Gasteiger charge is 2.30. The first-order chi connectivity index (χ1) is 38.0. The summed E-state index contributed by atoms with van der Waals surface area (Å²) in [7, 11) is -9.86. The number of carbonyl (C=O) groups excluding carboxylic acids is 4. The zero-order valence-electron chi connectivity index (χ0n) is 50.5. The third-order valence-electron chi connectivity index (χ3n) is 13.8. The number of aliphatic hydroxyl groups is 1. The number of hydrogen-bond acceptors (Lipinski definition) is 15. The normalized spacial score (nSPS) is 14.3. The molecular weight excluding hydrogens is 1050 g/mol. The van der Waals surface area contributed by atoms with E-state index in [4.69, 9.17) is 37.0 Å². The van der Waals surface area contributed by atoms with Gasteiger partial charge in [0.2, 0.25) is 0 Å². The highest BCUT2D eigenvalue weighted by atomic mass is 31.2. The lowest BCUT2D eigenvalue weighted by Crippen LogP contribution is -2.30. The van der Waals surface area contributed by atoms with Crippen LogP contribution in [0.1, 0.15) is 298 Å². The number of phosphoric acid groups is 2. The Bertz CT molecular complexity index is 1550. The summed E-state index contributed by atoms with van der Waals surface area (Å²) in [6.07, 6.45) is 37.4. The Morgan fingerprint density at radius 1 is 0.342 bits per heavy atom. The molecule has 0 aliphatic carbocycles. The molecule has 0 amide bonds. The smallest absolute Gasteiger partial charge is 0.462 e. The summed E-state index contributed by atoms with van der Waals surface area (Å²) in [5, 5.41) is 10.5. The van der Waals surface area contributed by atoms with Crippen LogP contribution in [0.15, 0.2) is 0 Å². The van der Waals surface area contributed by atoms with Crippen molar-refractivity contribution in [3.63, 3.8) is 0 Å².